The zero-order valence-corrected chi connectivity index (χ0v) is 12.1. The molecule has 0 N–H and O–H groups in total. The SMILES string of the molecule is C=C(CBr)c1cc(C)c2c(c1C1CC1)CCC2. The zero-order chi connectivity index (χ0) is 12.0. The summed E-state index contributed by atoms with van der Waals surface area (Å²) in [5.74, 6) is 0.841. The zero-order valence-electron chi connectivity index (χ0n) is 10.5. The van der Waals surface area contributed by atoms with Crippen molar-refractivity contribution in [3.05, 3.63) is 40.5 Å². The number of benzene rings is 1. The van der Waals surface area contributed by atoms with Crippen LogP contribution in [0.2, 0.25) is 0 Å². The highest BCUT2D eigenvalue weighted by atomic mass is 79.9. The van der Waals surface area contributed by atoms with Crippen LogP contribution in [0, 0.1) is 6.92 Å². The number of alkyl halides is 1. The maximum Gasteiger partial charge on any atom is 0.0283 e. The molecule has 0 nitrogen and oxygen atoms in total. The van der Waals surface area contributed by atoms with Gasteiger partial charge in [-0.2, -0.15) is 0 Å². The minimum atomic E-state index is 0.841. The monoisotopic (exact) mass is 290 g/mol. The molecule has 1 aromatic rings. The van der Waals surface area contributed by atoms with Crippen molar-refractivity contribution in [2.45, 2.75) is 44.9 Å². The molecule has 0 aromatic heterocycles. The molecule has 0 bridgehead atoms. The van der Waals surface area contributed by atoms with E-state index in [2.05, 4.69) is 35.5 Å². The van der Waals surface area contributed by atoms with Gasteiger partial charge in [0.25, 0.3) is 0 Å². The number of aryl methyl sites for hydroxylation is 1. The minimum absolute atomic E-state index is 0.841. The Bertz CT molecular complexity index is 481. The normalized spacial score (nSPS) is 18.2. The lowest BCUT2D eigenvalue weighted by Gasteiger charge is -2.17. The molecular formula is C16H19Br. The molecule has 1 aromatic carbocycles. The number of allylic oxidation sites excluding steroid dienone is 1. The predicted octanol–water partition coefficient (Wildman–Crippen LogP) is 4.77. The van der Waals surface area contributed by atoms with Crippen LogP contribution in [0.25, 0.3) is 5.57 Å². The summed E-state index contributed by atoms with van der Waals surface area (Å²) < 4.78 is 0. The first-order chi connectivity index (χ1) is 8.22. The van der Waals surface area contributed by atoms with E-state index in [1.807, 2.05) is 0 Å². The van der Waals surface area contributed by atoms with E-state index in [0.29, 0.717) is 0 Å². The largest absolute Gasteiger partial charge is 0.0944 e. The predicted molar refractivity (Wildman–Crippen MR) is 78.0 cm³/mol. The molecule has 1 heteroatoms. The van der Waals surface area contributed by atoms with Gasteiger partial charge in [0.2, 0.25) is 0 Å². The molecule has 17 heavy (non-hydrogen) atoms. The average molecular weight is 291 g/mol. The van der Waals surface area contributed by atoms with Crippen molar-refractivity contribution in [1.29, 1.82) is 0 Å². The van der Waals surface area contributed by atoms with Crippen molar-refractivity contribution >= 4 is 21.5 Å². The van der Waals surface area contributed by atoms with Crippen molar-refractivity contribution in [3.8, 4) is 0 Å². The lowest BCUT2D eigenvalue weighted by Crippen LogP contribution is -2.01. The van der Waals surface area contributed by atoms with Gasteiger partial charge in [0.05, 0.1) is 0 Å². The fourth-order valence-corrected chi connectivity index (χ4v) is 3.52. The van der Waals surface area contributed by atoms with Gasteiger partial charge in [0.1, 0.15) is 0 Å². The maximum absolute atomic E-state index is 4.23. The van der Waals surface area contributed by atoms with Crippen molar-refractivity contribution < 1.29 is 0 Å². The van der Waals surface area contributed by atoms with Gasteiger partial charge in [-0.25, -0.2) is 0 Å². The molecule has 0 atom stereocenters. The van der Waals surface area contributed by atoms with E-state index in [0.717, 1.165) is 11.2 Å². The third-order valence-corrected chi connectivity index (χ3v) is 4.87. The van der Waals surface area contributed by atoms with Crippen molar-refractivity contribution in [2.24, 2.45) is 0 Å². The van der Waals surface area contributed by atoms with Gasteiger partial charge < -0.3 is 0 Å². The van der Waals surface area contributed by atoms with Gasteiger partial charge >= 0.3 is 0 Å². The highest BCUT2D eigenvalue weighted by molar-refractivity contribution is 9.09. The molecule has 2 aliphatic carbocycles. The van der Waals surface area contributed by atoms with Crippen LogP contribution >= 0.6 is 15.9 Å². The Kier molecular flexibility index (Phi) is 2.90. The Morgan fingerprint density at radius 3 is 2.71 bits per heavy atom. The van der Waals surface area contributed by atoms with E-state index in [1.165, 1.54) is 48.8 Å². The molecule has 1 fully saturated rings. The number of hydrogen-bond donors (Lipinski definition) is 0. The molecule has 0 spiro atoms. The quantitative estimate of drug-likeness (QED) is 0.704. The lowest BCUT2D eigenvalue weighted by atomic mass is 9.88. The smallest absolute Gasteiger partial charge is 0.0283 e. The van der Waals surface area contributed by atoms with E-state index in [1.54, 1.807) is 16.7 Å². The Labute approximate surface area is 112 Å². The van der Waals surface area contributed by atoms with Gasteiger partial charge in [0, 0.05) is 5.33 Å². The number of rotatable bonds is 3. The van der Waals surface area contributed by atoms with Crippen LogP contribution in [0.4, 0.5) is 0 Å². The van der Waals surface area contributed by atoms with Crippen LogP contribution in [-0.4, -0.2) is 5.33 Å². The molecule has 0 unspecified atom stereocenters. The summed E-state index contributed by atoms with van der Waals surface area (Å²) in [6.07, 6.45) is 6.71. The van der Waals surface area contributed by atoms with Crippen LogP contribution in [-0.2, 0) is 12.8 Å². The Morgan fingerprint density at radius 1 is 1.35 bits per heavy atom. The van der Waals surface area contributed by atoms with E-state index in [9.17, 15) is 0 Å². The standard InChI is InChI=1S/C16H19Br/c1-10-8-15(11(2)9-17)16(12-6-7-12)14-5-3-4-13(10)14/h8,12H,2-7,9H2,1H3. The van der Waals surface area contributed by atoms with Crippen molar-refractivity contribution in [1.82, 2.24) is 0 Å². The molecule has 0 amide bonds. The third kappa shape index (κ3) is 1.89. The molecule has 0 heterocycles. The second-order valence-corrected chi connectivity index (χ2v) is 6.04. The highest BCUT2D eigenvalue weighted by Gasteiger charge is 2.32. The molecule has 3 rings (SSSR count). The van der Waals surface area contributed by atoms with E-state index in [-0.39, 0.29) is 0 Å². The molecule has 0 aliphatic heterocycles. The summed E-state index contributed by atoms with van der Waals surface area (Å²) in [7, 11) is 0. The van der Waals surface area contributed by atoms with Crippen molar-refractivity contribution in [3.63, 3.8) is 0 Å². The van der Waals surface area contributed by atoms with E-state index in [4.69, 9.17) is 0 Å². The van der Waals surface area contributed by atoms with Crippen molar-refractivity contribution in [2.75, 3.05) is 5.33 Å². The summed E-state index contributed by atoms with van der Waals surface area (Å²) >= 11 is 3.56. The molecule has 0 saturated heterocycles. The van der Waals surface area contributed by atoms with Gasteiger partial charge in [0.15, 0.2) is 0 Å². The molecule has 0 radical (unpaired) electrons. The van der Waals surface area contributed by atoms with E-state index >= 15 is 0 Å². The first-order valence-electron chi connectivity index (χ1n) is 6.61. The summed E-state index contributed by atoms with van der Waals surface area (Å²) in [4.78, 5) is 0. The first-order valence-corrected chi connectivity index (χ1v) is 7.74. The third-order valence-electron chi connectivity index (χ3n) is 4.20. The Balaban J connectivity index is 2.20. The van der Waals surface area contributed by atoms with Gasteiger partial charge in [-0.3, -0.25) is 0 Å². The number of hydrogen-bond acceptors (Lipinski definition) is 0. The molecule has 2 aliphatic rings. The minimum Gasteiger partial charge on any atom is -0.0944 e. The maximum atomic E-state index is 4.23. The van der Waals surface area contributed by atoms with Gasteiger partial charge in [-0.05, 0) is 78.3 Å². The van der Waals surface area contributed by atoms with Crippen LogP contribution < -0.4 is 0 Å². The molecule has 1 saturated carbocycles. The van der Waals surface area contributed by atoms with E-state index < -0.39 is 0 Å². The topological polar surface area (TPSA) is 0 Å². The van der Waals surface area contributed by atoms with Crippen LogP contribution in [0.1, 0.15) is 53.0 Å². The van der Waals surface area contributed by atoms with Crippen LogP contribution in [0.3, 0.4) is 0 Å². The van der Waals surface area contributed by atoms with Gasteiger partial charge in [-0.15, -0.1) is 0 Å². The van der Waals surface area contributed by atoms with Crippen LogP contribution in [0.5, 0.6) is 0 Å². The summed E-state index contributed by atoms with van der Waals surface area (Å²) in [6, 6.07) is 2.39. The highest BCUT2D eigenvalue weighted by Crippen LogP contribution is 2.48. The summed E-state index contributed by atoms with van der Waals surface area (Å²) in [5, 5.41) is 0.894. The Hall–Kier alpha value is -0.560. The fraction of sp³-hybridized carbons (Fsp3) is 0.500. The number of halogens is 1. The lowest BCUT2D eigenvalue weighted by molar-refractivity contribution is 0.902. The molecular weight excluding hydrogens is 272 g/mol. The average Bonchev–Trinajstić information content (AvgIpc) is 3.04. The summed E-state index contributed by atoms with van der Waals surface area (Å²) in [5.41, 5.74) is 9.18. The molecule has 90 valence electrons. The fourth-order valence-electron chi connectivity index (χ4n) is 3.22. The second-order valence-electron chi connectivity index (χ2n) is 5.48. The number of fused-ring (bicyclic) bond motifs is 1. The second kappa shape index (κ2) is 4.28. The van der Waals surface area contributed by atoms with Crippen LogP contribution in [0.15, 0.2) is 12.6 Å². The first kappa shape index (κ1) is 11.5. The van der Waals surface area contributed by atoms with Gasteiger partial charge in [-0.1, -0.05) is 28.6 Å². The Morgan fingerprint density at radius 2 is 2.06 bits per heavy atom. The summed E-state index contributed by atoms with van der Waals surface area (Å²) in [6.45, 7) is 6.50.